The van der Waals surface area contributed by atoms with Crippen LogP contribution in [0.2, 0.25) is 5.22 Å². The summed E-state index contributed by atoms with van der Waals surface area (Å²) < 4.78 is 11.2. The summed E-state index contributed by atoms with van der Waals surface area (Å²) in [6.45, 7) is 2.61. The van der Waals surface area contributed by atoms with Crippen LogP contribution in [-0.2, 0) is 0 Å². The van der Waals surface area contributed by atoms with E-state index < -0.39 is 0 Å². The van der Waals surface area contributed by atoms with Crippen molar-refractivity contribution >= 4 is 45.3 Å². The zero-order valence-corrected chi connectivity index (χ0v) is 18.6. The van der Waals surface area contributed by atoms with Gasteiger partial charge in [-0.25, -0.2) is 0 Å². The van der Waals surface area contributed by atoms with Gasteiger partial charge in [-0.2, -0.15) is 0 Å². The van der Waals surface area contributed by atoms with Crippen LogP contribution in [0.4, 0.5) is 0 Å². The van der Waals surface area contributed by atoms with E-state index in [0.717, 1.165) is 45.4 Å². The normalized spacial score (nSPS) is 12.1. The number of allylic oxidation sites excluding steroid dienone is 1. The van der Waals surface area contributed by atoms with Crippen LogP contribution >= 0.6 is 23.2 Å². The SMILES string of the molecule is CC/C(=C(\c1ccc(O)cc1)c1ccc(OCCCl)cc1)c1ccc2oc(Cl)cc2c1. The number of furan rings is 1. The quantitative estimate of drug-likeness (QED) is 0.230. The van der Waals surface area contributed by atoms with Crippen LogP contribution in [-0.4, -0.2) is 17.6 Å². The van der Waals surface area contributed by atoms with Crippen LogP contribution < -0.4 is 4.74 Å². The molecule has 4 rings (SSSR count). The largest absolute Gasteiger partial charge is 0.508 e. The Morgan fingerprint density at radius 2 is 1.55 bits per heavy atom. The molecule has 1 heterocycles. The molecule has 5 heteroatoms. The van der Waals surface area contributed by atoms with Gasteiger partial charge in [-0.3, -0.25) is 0 Å². The number of benzene rings is 3. The highest BCUT2D eigenvalue weighted by atomic mass is 35.5. The van der Waals surface area contributed by atoms with Crippen LogP contribution in [0.3, 0.4) is 0 Å². The van der Waals surface area contributed by atoms with Crippen LogP contribution in [0.5, 0.6) is 11.5 Å². The number of hydrogen-bond acceptors (Lipinski definition) is 3. The summed E-state index contributed by atoms with van der Waals surface area (Å²) in [4.78, 5) is 0. The van der Waals surface area contributed by atoms with Crippen LogP contribution in [0, 0.1) is 0 Å². The van der Waals surface area contributed by atoms with Gasteiger partial charge < -0.3 is 14.3 Å². The van der Waals surface area contributed by atoms with Crippen molar-refractivity contribution in [3.05, 3.63) is 94.7 Å². The van der Waals surface area contributed by atoms with E-state index in [-0.39, 0.29) is 5.75 Å². The summed E-state index contributed by atoms with van der Waals surface area (Å²) in [7, 11) is 0. The smallest absolute Gasteiger partial charge is 0.194 e. The van der Waals surface area contributed by atoms with Crippen molar-refractivity contribution in [3.8, 4) is 11.5 Å². The third-order valence-electron chi connectivity index (χ3n) is 5.13. The molecule has 0 aliphatic carbocycles. The van der Waals surface area contributed by atoms with Gasteiger partial charge in [-0.1, -0.05) is 37.3 Å². The first-order chi connectivity index (χ1) is 15.1. The van der Waals surface area contributed by atoms with Gasteiger partial charge in [0.15, 0.2) is 5.22 Å². The molecule has 0 fully saturated rings. The van der Waals surface area contributed by atoms with Crippen LogP contribution in [0.1, 0.15) is 30.0 Å². The number of fused-ring (bicyclic) bond motifs is 1. The molecular weight excluding hydrogens is 431 g/mol. The Labute approximate surface area is 191 Å². The molecule has 0 amide bonds. The first-order valence-electron chi connectivity index (χ1n) is 10.1. The maximum absolute atomic E-state index is 9.80. The van der Waals surface area contributed by atoms with E-state index in [1.54, 1.807) is 12.1 Å². The van der Waals surface area contributed by atoms with Gasteiger partial charge in [0.2, 0.25) is 0 Å². The van der Waals surface area contributed by atoms with Crippen molar-refractivity contribution in [3.63, 3.8) is 0 Å². The molecule has 0 saturated carbocycles. The van der Waals surface area contributed by atoms with Crippen LogP contribution in [0.25, 0.3) is 22.1 Å². The number of phenolic OH excluding ortho intramolecular Hbond substituents is 1. The Kier molecular flexibility index (Phi) is 6.55. The van der Waals surface area contributed by atoms with Crippen molar-refractivity contribution in [2.45, 2.75) is 13.3 Å². The van der Waals surface area contributed by atoms with Crippen molar-refractivity contribution in [1.29, 1.82) is 0 Å². The van der Waals surface area contributed by atoms with Gasteiger partial charge in [-0.05, 0) is 82.3 Å². The molecule has 4 aromatic rings. The summed E-state index contributed by atoms with van der Waals surface area (Å²) in [5.74, 6) is 1.46. The lowest BCUT2D eigenvalue weighted by Crippen LogP contribution is -1.99. The van der Waals surface area contributed by atoms with Gasteiger partial charge in [0.25, 0.3) is 0 Å². The fourth-order valence-electron chi connectivity index (χ4n) is 3.74. The summed E-state index contributed by atoms with van der Waals surface area (Å²) in [5, 5.41) is 11.1. The predicted octanol–water partition coefficient (Wildman–Crippen LogP) is 7.78. The van der Waals surface area contributed by atoms with Gasteiger partial charge >= 0.3 is 0 Å². The van der Waals surface area contributed by atoms with Gasteiger partial charge in [-0.15, -0.1) is 11.6 Å². The maximum atomic E-state index is 9.80. The third kappa shape index (κ3) is 4.73. The minimum Gasteiger partial charge on any atom is -0.508 e. The number of phenols is 1. The Morgan fingerprint density at radius 1 is 0.903 bits per heavy atom. The van der Waals surface area contributed by atoms with E-state index in [1.807, 2.05) is 36.4 Å². The highest BCUT2D eigenvalue weighted by molar-refractivity contribution is 6.29. The molecule has 1 N–H and O–H groups in total. The highest BCUT2D eigenvalue weighted by Crippen LogP contribution is 2.37. The van der Waals surface area contributed by atoms with Gasteiger partial charge in [0.05, 0.1) is 5.88 Å². The molecule has 158 valence electrons. The lowest BCUT2D eigenvalue weighted by molar-refractivity contribution is 0.343. The fourth-order valence-corrected chi connectivity index (χ4v) is 4.02. The van der Waals surface area contributed by atoms with E-state index in [4.69, 9.17) is 32.4 Å². The molecule has 0 aliphatic heterocycles. The Morgan fingerprint density at radius 3 is 2.19 bits per heavy atom. The molecule has 0 radical (unpaired) electrons. The predicted molar refractivity (Wildman–Crippen MR) is 128 cm³/mol. The average Bonchev–Trinajstić information content (AvgIpc) is 3.16. The number of ether oxygens (including phenoxy) is 1. The Balaban J connectivity index is 1.88. The number of hydrogen-bond donors (Lipinski definition) is 1. The van der Waals surface area contributed by atoms with Crippen molar-refractivity contribution < 1.29 is 14.3 Å². The topological polar surface area (TPSA) is 42.6 Å². The van der Waals surface area contributed by atoms with Gasteiger partial charge in [0, 0.05) is 11.5 Å². The molecule has 3 aromatic carbocycles. The first kappa shape index (κ1) is 21.4. The number of halogens is 2. The third-order valence-corrected chi connectivity index (χ3v) is 5.48. The summed E-state index contributed by atoms with van der Waals surface area (Å²) >= 11 is 11.8. The second kappa shape index (κ2) is 9.51. The second-order valence-corrected chi connectivity index (χ2v) is 7.87. The Bertz CT molecular complexity index is 1210. The minimum absolute atomic E-state index is 0.237. The summed E-state index contributed by atoms with van der Waals surface area (Å²) in [6, 6.07) is 23.2. The van der Waals surface area contributed by atoms with Crippen molar-refractivity contribution in [2.24, 2.45) is 0 Å². The van der Waals surface area contributed by atoms with Gasteiger partial charge in [0.1, 0.15) is 23.7 Å². The molecule has 0 saturated heterocycles. The second-order valence-electron chi connectivity index (χ2n) is 7.12. The standard InChI is InChI=1S/C26H22Cl2O3/c1-2-23(19-7-12-24-20(15-19)16-25(28)31-24)26(17-3-8-21(29)9-4-17)18-5-10-22(11-6-18)30-14-13-27/h3-12,15-16,29H,2,13-14H2,1H3/b26-23-. The fraction of sp³-hybridized carbons (Fsp3) is 0.154. The number of aromatic hydroxyl groups is 1. The zero-order chi connectivity index (χ0) is 21.8. The molecule has 0 atom stereocenters. The molecule has 0 unspecified atom stereocenters. The highest BCUT2D eigenvalue weighted by Gasteiger charge is 2.15. The molecule has 3 nitrogen and oxygen atoms in total. The molecule has 0 bridgehead atoms. The summed E-state index contributed by atoms with van der Waals surface area (Å²) in [5.41, 5.74) is 6.22. The lowest BCUT2D eigenvalue weighted by atomic mass is 9.88. The monoisotopic (exact) mass is 452 g/mol. The molecular formula is C26H22Cl2O3. The van der Waals surface area contributed by atoms with E-state index in [0.29, 0.717) is 17.7 Å². The molecule has 31 heavy (non-hydrogen) atoms. The molecule has 0 aliphatic rings. The molecule has 0 spiro atoms. The van der Waals surface area contributed by atoms with E-state index in [1.165, 1.54) is 5.57 Å². The Hall–Kier alpha value is -2.88. The van der Waals surface area contributed by atoms with E-state index in [2.05, 4.69) is 31.2 Å². The number of rotatable bonds is 7. The van der Waals surface area contributed by atoms with Crippen molar-refractivity contribution in [1.82, 2.24) is 0 Å². The maximum Gasteiger partial charge on any atom is 0.194 e. The molecule has 1 aromatic heterocycles. The first-order valence-corrected chi connectivity index (χ1v) is 11.0. The lowest BCUT2D eigenvalue weighted by Gasteiger charge is -2.17. The number of alkyl halides is 1. The zero-order valence-electron chi connectivity index (χ0n) is 17.1. The van der Waals surface area contributed by atoms with Crippen LogP contribution in [0.15, 0.2) is 77.2 Å². The minimum atomic E-state index is 0.237. The van der Waals surface area contributed by atoms with E-state index in [9.17, 15) is 5.11 Å². The van der Waals surface area contributed by atoms with Crippen molar-refractivity contribution in [2.75, 3.05) is 12.5 Å². The summed E-state index contributed by atoms with van der Waals surface area (Å²) in [6.07, 6.45) is 0.817. The van der Waals surface area contributed by atoms with E-state index >= 15 is 0 Å². The average molecular weight is 453 g/mol.